The predicted octanol–water partition coefficient (Wildman–Crippen LogP) is 1.76. The molecule has 0 N–H and O–H groups in total. The first-order valence-electron chi connectivity index (χ1n) is 6.04. The van der Waals surface area contributed by atoms with E-state index < -0.39 is 0 Å². The van der Waals surface area contributed by atoms with Crippen LogP contribution in [0.25, 0.3) is 0 Å². The molecule has 0 spiro atoms. The molecule has 0 atom stereocenters. The molecule has 4 heteroatoms. The molecule has 1 heterocycles. The van der Waals surface area contributed by atoms with E-state index in [9.17, 15) is 4.79 Å². The van der Waals surface area contributed by atoms with Crippen molar-refractivity contribution in [3.05, 3.63) is 0 Å². The molecule has 90 valence electrons. The summed E-state index contributed by atoms with van der Waals surface area (Å²) in [5.41, 5.74) is 0. The molecule has 15 heavy (non-hydrogen) atoms. The van der Waals surface area contributed by atoms with Gasteiger partial charge in [-0.15, -0.1) is 0 Å². The Labute approximate surface area is 95.4 Å². The number of hydrogen-bond acceptors (Lipinski definition) is 3. The van der Waals surface area contributed by atoms with Crippen molar-refractivity contribution in [2.75, 3.05) is 19.8 Å². The minimum absolute atomic E-state index is 0.0737. The maximum atomic E-state index is 10.5. The first-order chi connectivity index (χ1) is 7.31. The Kier molecular flexibility index (Phi) is 11.4. The van der Waals surface area contributed by atoms with E-state index >= 15 is 0 Å². The van der Waals surface area contributed by atoms with Crippen LogP contribution in [0.3, 0.4) is 0 Å². The van der Waals surface area contributed by atoms with E-state index in [2.05, 4.69) is 4.74 Å². The van der Waals surface area contributed by atoms with Crippen LogP contribution in [-0.2, 0) is 14.3 Å². The molecular formula is C11H24O3Si. The predicted molar refractivity (Wildman–Crippen MR) is 65.1 cm³/mol. The molecule has 1 fully saturated rings. The molecule has 0 aliphatic carbocycles. The first kappa shape index (κ1) is 14.6. The van der Waals surface area contributed by atoms with Gasteiger partial charge in [0.2, 0.25) is 0 Å². The number of ether oxygens (including phenoxy) is 2. The van der Waals surface area contributed by atoms with Gasteiger partial charge in [0.1, 0.15) is 6.61 Å². The van der Waals surface area contributed by atoms with E-state index in [4.69, 9.17) is 4.74 Å². The Bertz CT molecular complexity index is 135. The molecular weight excluding hydrogens is 208 g/mol. The summed E-state index contributed by atoms with van der Waals surface area (Å²) < 4.78 is 9.35. The number of carbonyl (C=O) groups excluding carboxylic acids is 1. The maximum absolute atomic E-state index is 10.5. The van der Waals surface area contributed by atoms with Gasteiger partial charge < -0.3 is 9.47 Å². The molecule has 1 aliphatic rings. The van der Waals surface area contributed by atoms with Crippen LogP contribution in [0.15, 0.2) is 0 Å². The van der Waals surface area contributed by atoms with E-state index in [-0.39, 0.29) is 12.6 Å². The fourth-order valence-electron chi connectivity index (χ4n) is 1.45. The quantitative estimate of drug-likeness (QED) is 0.547. The van der Waals surface area contributed by atoms with Gasteiger partial charge in [-0.3, -0.25) is 0 Å². The zero-order chi connectivity index (χ0) is 11.4. The second kappa shape index (κ2) is 11.7. The van der Waals surface area contributed by atoms with Gasteiger partial charge in [-0.25, -0.2) is 4.79 Å². The van der Waals surface area contributed by atoms with Gasteiger partial charge in [0.05, 0.1) is 6.61 Å². The minimum atomic E-state index is -0.292. The highest BCUT2D eigenvalue weighted by Crippen LogP contribution is 2.10. The molecule has 1 saturated heterocycles. The molecule has 0 aromatic rings. The van der Waals surface area contributed by atoms with Gasteiger partial charge in [0.25, 0.3) is 0 Å². The second-order valence-corrected chi connectivity index (χ2v) is 5.68. The number of esters is 1. The fraction of sp³-hybridized carbons (Fsp3) is 0.909. The van der Waals surface area contributed by atoms with Crippen molar-refractivity contribution in [1.29, 1.82) is 0 Å². The Morgan fingerprint density at radius 1 is 1.13 bits per heavy atom. The lowest BCUT2D eigenvalue weighted by Gasteiger charge is -2.04. The monoisotopic (exact) mass is 232 g/mol. The molecule has 3 nitrogen and oxygen atoms in total. The lowest BCUT2D eigenvalue weighted by molar-refractivity contribution is -0.148. The Balaban J connectivity index is 0.000000280. The largest absolute Gasteiger partial charge is 0.464 e. The highest BCUT2D eigenvalue weighted by molar-refractivity contribution is 6.35. The number of rotatable bonds is 4. The highest BCUT2D eigenvalue weighted by atomic mass is 28.2. The van der Waals surface area contributed by atoms with Crippen LogP contribution in [0, 0.1) is 0 Å². The number of hydrogen-bond donors (Lipinski definition) is 0. The summed E-state index contributed by atoms with van der Waals surface area (Å²) >= 11 is 0. The van der Waals surface area contributed by atoms with E-state index in [0.29, 0.717) is 22.7 Å². The van der Waals surface area contributed by atoms with Crippen molar-refractivity contribution in [2.45, 2.75) is 45.2 Å². The molecule has 1 rings (SSSR count). The fourth-order valence-corrected chi connectivity index (χ4v) is 3.22. The van der Waals surface area contributed by atoms with Gasteiger partial charge in [-0.05, 0) is 13.8 Å². The first-order valence-corrected chi connectivity index (χ1v) is 8.04. The lowest BCUT2D eigenvalue weighted by Crippen LogP contribution is -2.11. The molecule has 0 unspecified atom stereocenters. The molecule has 0 radical (unpaired) electrons. The van der Waals surface area contributed by atoms with Crippen LogP contribution in [0.2, 0.25) is 12.1 Å². The highest BCUT2D eigenvalue weighted by Gasteiger charge is 1.97. The molecule has 0 bridgehead atoms. The van der Waals surface area contributed by atoms with Gasteiger partial charge in [0.15, 0.2) is 0 Å². The minimum Gasteiger partial charge on any atom is -0.464 e. The zero-order valence-corrected chi connectivity index (χ0v) is 11.5. The molecule has 0 amide bonds. The smallest absolute Gasteiger partial charge is 0.332 e. The van der Waals surface area contributed by atoms with Crippen LogP contribution < -0.4 is 0 Å². The third-order valence-corrected chi connectivity index (χ3v) is 4.23. The second-order valence-electron chi connectivity index (χ2n) is 3.56. The van der Waals surface area contributed by atoms with Crippen molar-refractivity contribution in [2.24, 2.45) is 0 Å². The van der Waals surface area contributed by atoms with Crippen molar-refractivity contribution in [3.8, 4) is 0 Å². The van der Waals surface area contributed by atoms with Crippen molar-refractivity contribution < 1.29 is 14.3 Å². The van der Waals surface area contributed by atoms with Crippen LogP contribution in [0.4, 0.5) is 0 Å². The van der Waals surface area contributed by atoms with Crippen LogP contribution >= 0.6 is 0 Å². The van der Waals surface area contributed by atoms with Crippen LogP contribution in [0.1, 0.15) is 33.1 Å². The summed E-state index contributed by atoms with van der Waals surface area (Å²) in [4.78, 5) is 10.5. The summed E-state index contributed by atoms with van der Waals surface area (Å²) in [6, 6.07) is 3.28. The molecule has 0 aromatic carbocycles. The number of carbonyl (C=O) groups is 1. The summed E-state index contributed by atoms with van der Waals surface area (Å²) in [6.07, 6.45) is 4.66. The van der Waals surface area contributed by atoms with E-state index in [1.807, 2.05) is 6.92 Å². The Morgan fingerprint density at radius 2 is 1.80 bits per heavy atom. The third-order valence-electron chi connectivity index (χ3n) is 2.23. The zero-order valence-electron chi connectivity index (χ0n) is 10.1. The lowest BCUT2D eigenvalue weighted by atomic mass is 10.3. The third kappa shape index (κ3) is 11.6. The van der Waals surface area contributed by atoms with Crippen molar-refractivity contribution >= 4 is 15.5 Å². The van der Waals surface area contributed by atoms with E-state index in [1.54, 1.807) is 31.9 Å². The van der Waals surface area contributed by atoms with Gasteiger partial charge in [-0.1, -0.05) is 31.4 Å². The van der Waals surface area contributed by atoms with E-state index in [1.165, 1.54) is 6.42 Å². The van der Waals surface area contributed by atoms with Crippen LogP contribution in [-0.4, -0.2) is 35.3 Å². The van der Waals surface area contributed by atoms with Crippen molar-refractivity contribution in [1.82, 2.24) is 0 Å². The van der Waals surface area contributed by atoms with Gasteiger partial charge >= 0.3 is 5.97 Å². The normalized spacial score (nSPS) is 15.1. The summed E-state index contributed by atoms with van der Waals surface area (Å²) in [5.74, 6) is -0.292. The van der Waals surface area contributed by atoms with Crippen LogP contribution in [0.5, 0.6) is 0 Å². The topological polar surface area (TPSA) is 35.5 Å². The molecule has 1 aliphatic heterocycles. The van der Waals surface area contributed by atoms with Gasteiger partial charge in [-0.2, -0.15) is 0 Å². The maximum Gasteiger partial charge on any atom is 0.332 e. The summed E-state index contributed by atoms with van der Waals surface area (Å²) in [6.45, 7) is 4.65. The molecule has 0 saturated carbocycles. The van der Waals surface area contributed by atoms with Gasteiger partial charge in [0, 0.05) is 16.1 Å². The van der Waals surface area contributed by atoms with Crippen molar-refractivity contribution in [3.63, 3.8) is 0 Å². The molecule has 0 aromatic heterocycles. The SMILES string of the molecule is C1CC[SiH2]CC1.CCOCC(=O)OCC. The standard InChI is InChI=1S/C6H12O3.C5H12Si/c1-3-8-5-6(7)9-4-2;1-2-4-6-5-3-1/h3-5H2,1-2H3;1-6H2. The Morgan fingerprint density at radius 3 is 2.13 bits per heavy atom. The summed E-state index contributed by atoms with van der Waals surface area (Å²) in [7, 11) is 0.508. The summed E-state index contributed by atoms with van der Waals surface area (Å²) in [5, 5.41) is 0. The Hall–Kier alpha value is -0.353. The van der Waals surface area contributed by atoms with E-state index in [0.717, 1.165) is 0 Å². The average molecular weight is 232 g/mol. The average Bonchev–Trinajstić information content (AvgIpc) is 2.30.